The van der Waals surface area contributed by atoms with Gasteiger partial charge in [-0.1, -0.05) is 37.3 Å². The quantitative estimate of drug-likeness (QED) is 0.336. The van der Waals surface area contributed by atoms with E-state index < -0.39 is 0 Å². The molecule has 0 bridgehead atoms. The number of aromatic amines is 1. The van der Waals surface area contributed by atoms with Gasteiger partial charge in [0.25, 0.3) is 5.56 Å². The van der Waals surface area contributed by atoms with Crippen molar-refractivity contribution >= 4 is 33.9 Å². The Kier molecular flexibility index (Phi) is 6.77. The average Bonchev–Trinajstić information content (AvgIpc) is 3.35. The summed E-state index contributed by atoms with van der Waals surface area (Å²) < 4.78 is 16.3. The van der Waals surface area contributed by atoms with Crippen LogP contribution in [0.25, 0.3) is 10.9 Å². The number of H-pyrrole nitrogens is 1. The normalized spacial score (nSPS) is 11.9. The van der Waals surface area contributed by atoms with E-state index in [4.69, 9.17) is 26.4 Å². The van der Waals surface area contributed by atoms with Gasteiger partial charge in [-0.05, 0) is 60.1 Å². The smallest absolute Gasteiger partial charge is 0.253 e. The average molecular weight is 502 g/mol. The Labute approximate surface area is 214 Å². The van der Waals surface area contributed by atoms with Gasteiger partial charge in [0.1, 0.15) is 5.75 Å². The molecule has 0 saturated heterocycles. The van der Waals surface area contributed by atoms with Crippen LogP contribution in [0.15, 0.2) is 71.5 Å². The molecular formula is C28H27N3O4S. The van der Waals surface area contributed by atoms with Crippen molar-refractivity contribution in [1.29, 1.82) is 0 Å². The number of anilines is 1. The van der Waals surface area contributed by atoms with Crippen LogP contribution in [0.1, 0.15) is 23.6 Å². The van der Waals surface area contributed by atoms with E-state index in [1.165, 1.54) is 5.56 Å². The van der Waals surface area contributed by atoms with Gasteiger partial charge in [-0.25, -0.2) is 0 Å². The van der Waals surface area contributed by atoms with E-state index in [1.807, 2.05) is 59.5 Å². The number of fused-ring (bicyclic) bond motifs is 2. The summed E-state index contributed by atoms with van der Waals surface area (Å²) in [5, 5.41) is 4.81. The summed E-state index contributed by atoms with van der Waals surface area (Å²) in [5.74, 6) is 2.09. The predicted molar refractivity (Wildman–Crippen MR) is 145 cm³/mol. The maximum absolute atomic E-state index is 13.1. The number of thiocarbonyl (C=S) groups is 1. The Morgan fingerprint density at radius 1 is 1.03 bits per heavy atom. The molecule has 1 aliphatic rings. The van der Waals surface area contributed by atoms with Gasteiger partial charge in [-0.2, -0.15) is 0 Å². The molecule has 8 heteroatoms. The highest BCUT2D eigenvalue weighted by Crippen LogP contribution is 2.35. The molecule has 36 heavy (non-hydrogen) atoms. The molecule has 0 atom stereocenters. The first-order chi connectivity index (χ1) is 17.5. The number of aryl methyl sites for hydroxylation is 1. The highest BCUT2D eigenvalue weighted by atomic mass is 32.1. The molecule has 2 N–H and O–H groups in total. The lowest BCUT2D eigenvalue weighted by molar-refractivity contribution is 0.174. The molecule has 1 aromatic heterocycles. The Morgan fingerprint density at radius 3 is 2.53 bits per heavy atom. The highest BCUT2D eigenvalue weighted by molar-refractivity contribution is 7.80. The molecule has 0 aliphatic carbocycles. The lowest BCUT2D eigenvalue weighted by Gasteiger charge is -2.27. The van der Waals surface area contributed by atoms with E-state index >= 15 is 0 Å². The Bertz CT molecular complexity index is 1470. The number of pyridine rings is 1. The van der Waals surface area contributed by atoms with Crippen LogP contribution >= 0.6 is 12.2 Å². The fourth-order valence-electron chi connectivity index (χ4n) is 4.26. The van der Waals surface area contributed by atoms with Gasteiger partial charge in [-0.15, -0.1) is 0 Å². The summed E-state index contributed by atoms with van der Waals surface area (Å²) in [6.07, 6.45) is 0.880. The van der Waals surface area contributed by atoms with Crippen molar-refractivity contribution in [2.24, 2.45) is 0 Å². The molecule has 0 spiro atoms. The van der Waals surface area contributed by atoms with Gasteiger partial charge in [-0.3, -0.25) is 4.79 Å². The Balaban J connectivity index is 1.47. The number of hydrogen-bond donors (Lipinski definition) is 2. The number of benzene rings is 3. The molecule has 184 valence electrons. The van der Waals surface area contributed by atoms with Crippen LogP contribution in [0.5, 0.6) is 17.2 Å². The fraction of sp³-hybridized carbons (Fsp3) is 0.214. The van der Waals surface area contributed by atoms with Crippen LogP contribution in [0.2, 0.25) is 0 Å². The highest BCUT2D eigenvalue weighted by Gasteiger charge is 2.18. The zero-order chi connectivity index (χ0) is 25.1. The summed E-state index contributed by atoms with van der Waals surface area (Å²) >= 11 is 5.86. The van der Waals surface area contributed by atoms with Gasteiger partial charge in [0, 0.05) is 29.2 Å². The molecule has 1 aliphatic heterocycles. The zero-order valence-corrected chi connectivity index (χ0v) is 21.0. The molecule has 0 radical (unpaired) electrons. The summed E-state index contributed by atoms with van der Waals surface area (Å²) in [6, 6.07) is 21.5. The van der Waals surface area contributed by atoms with Crippen LogP contribution < -0.4 is 25.1 Å². The summed E-state index contributed by atoms with van der Waals surface area (Å²) in [4.78, 5) is 18.0. The second-order valence-corrected chi connectivity index (χ2v) is 8.95. The molecule has 5 rings (SSSR count). The van der Waals surface area contributed by atoms with Crippen LogP contribution in [0.4, 0.5) is 5.69 Å². The van der Waals surface area contributed by atoms with E-state index in [-0.39, 0.29) is 12.4 Å². The van der Waals surface area contributed by atoms with Crippen molar-refractivity contribution in [1.82, 2.24) is 9.88 Å². The number of rotatable bonds is 7. The fourth-order valence-corrected chi connectivity index (χ4v) is 4.50. The van der Waals surface area contributed by atoms with E-state index in [9.17, 15) is 4.79 Å². The van der Waals surface area contributed by atoms with Gasteiger partial charge in [0.15, 0.2) is 16.6 Å². The molecule has 4 aromatic rings. The molecular weight excluding hydrogens is 474 g/mol. The van der Waals surface area contributed by atoms with E-state index in [1.54, 1.807) is 13.2 Å². The van der Waals surface area contributed by atoms with Crippen LogP contribution in [-0.2, 0) is 19.5 Å². The first-order valence-corrected chi connectivity index (χ1v) is 12.2. The molecule has 2 heterocycles. The zero-order valence-electron chi connectivity index (χ0n) is 20.2. The third-order valence-corrected chi connectivity index (χ3v) is 6.60. The number of nitrogens with one attached hydrogen (secondary N) is 2. The molecule has 3 aromatic carbocycles. The number of ether oxygens (including phenoxy) is 3. The number of para-hydroxylation sites is 1. The minimum atomic E-state index is -0.169. The number of hydrogen-bond acceptors (Lipinski definition) is 5. The molecule has 7 nitrogen and oxygen atoms in total. The number of nitrogens with zero attached hydrogens (tertiary/aromatic N) is 1. The van der Waals surface area contributed by atoms with Crippen molar-refractivity contribution in [2.45, 2.75) is 26.4 Å². The van der Waals surface area contributed by atoms with E-state index in [0.717, 1.165) is 28.8 Å². The van der Waals surface area contributed by atoms with Gasteiger partial charge in [0.2, 0.25) is 6.79 Å². The van der Waals surface area contributed by atoms with Crippen molar-refractivity contribution in [3.8, 4) is 17.2 Å². The topological polar surface area (TPSA) is 75.8 Å². The predicted octanol–water partition coefficient (Wildman–Crippen LogP) is 5.23. The number of methoxy groups -OCH3 is 1. The first-order valence-electron chi connectivity index (χ1n) is 11.8. The summed E-state index contributed by atoms with van der Waals surface area (Å²) in [6.45, 7) is 3.13. The van der Waals surface area contributed by atoms with Crippen LogP contribution in [-0.4, -0.2) is 28.9 Å². The van der Waals surface area contributed by atoms with Crippen molar-refractivity contribution in [3.63, 3.8) is 0 Å². The Hall–Kier alpha value is -4.04. The minimum absolute atomic E-state index is 0.169. The standard InChI is InChI=1S/C28H27N3O4S/c1-3-19-6-4-5-7-23(19)30-28(36)31(15-18-8-10-22(33-2)11-9-18)16-21-12-20-13-25-26(35-17-34-25)14-24(20)29-27(21)32/h4-14H,3,15-17H2,1-2H3,(H,29,32)(H,30,36). The summed E-state index contributed by atoms with van der Waals surface area (Å²) in [7, 11) is 1.64. The van der Waals surface area contributed by atoms with Gasteiger partial charge < -0.3 is 29.4 Å². The third-order valence-electron chi connectivity index (χ3n) is 6.24. The van der Waals surface area contributed by atoms with E-state index in [0.29, 0.717) is 40.8 Å². The largest absolute Gasteiger partial charge is 0.497 e. The van der Waals surface area contributed by atoms with E-state index in [2.05, 4.69) is 23.3 Å². The van der Waals surface area contributed by atoms with Crippen molar-refractivity contribution < 1.29 is 14.2 Å². The SMILES string of the molecule is CCc1ccccc1NC(=S)N(Cc1ccc(OC)cc1)Cc1cc2cc3c(cc2[nH]c1=O)OCO3. The maximum Gasteiger partial charge on any atom is 0.253 e. The van der Waals surface area contributed by atoms with Crippen molar-refractivity contribution in [2.75, 3.05) is 19.2 Å². The lowest BCUT2D eigenvalue weighted by atomic mass is 10.1. The van der Waals surface area contributed by atoms with Crippen LogP contribution in [0, 0.1) is 0 Å². The monoisotopic (exact) mass is 501 g/mol. The lowest BCUT2D eigenvalue weighted by Crippen LogP contribution is -2.35. The summed E-state index contributed by atoms with van der Waals surface area (Å²) in [5.41, 5.74) is 4.31. The minimum Gasteiger partial charge on any atom is -0.497 e. The molecule has 0 amide bonds. The first kappa shape index (κ1) is 23.7. The molecule has 0 fully saturated rings. The number of aromatic nitrogens is 1. The third kappa shape index (κ3) is 4.99. The maximum atomic E-state index is 13.1. The van der Waals surface area contributed by atoms with Gasteiger partial charge in [0.05, 0.1) is 19.2 Å². The second kappa shape index (κ2) is 10.3. The Morgan fingerprint density at radius 2 is 1.78 bits per heavy atom. The van der Waals surface area contributed by atoms with Crippen LogP contribution in [0.3, 0.4) is 0 Å². The molecule has 0 unspecified atom stereocenters. The second-order valence-electron chi connectivity index (χ2n) is 8.56. The van der Waals surface area contributed by atoms with Crippen molar-refractivity contribution in [3.05, 3.63) is 93.8 Å². The van der Waals surface area contributed by atoms with Gasteiger partial charge >= 0.3 is 0 Å². The molecule has 0 saturated carbocycles.